The van der Waals surface area contributed by atoms with Gasteiger partial charge in [-0.2, -0.15) is 5.06 Å². The Balaban J connectivity index is 2.63. The Labute approximate surface area is 112 Å². The highest BCUT2D eigenvalue weighted by Crippen LogP contribution is 2.26. The molecule has 0 aliphatic carbocycles. The third kappa shape index (κ3) is 4.35. The van der Waals surface area contributed by atoms with Crippen LogP contribution in [0.3, 0.4) is 0 Å². The molecular weight excluding hydrogens is 258 g/mol. The van der Waals surface area contributed by atoms with Gasteiger partial charge in [0.25, 0.3) is 0 Å². The van der Waals surface area contributed by atoms with Gasteiger partial charge in [0, 0.05) is 26.3 Å². The number of aryl methyl sites for hydroxylation is 1. The van der Waals surface area contributed by atoms with Gasteiger partial charge < -0.3 is 0 Å². The van der Waals surface area contributed by atoms with Crippen molar-refractivity contribution in [3.63, 3.8) is 0 Å². The summed E-state index contributed by atoms with van der Waals surface area (Å²) in [4.78, 5) is 4.21. The maximum absolute atomic E-state index is 5.93. The summed E-state index contributed by atoms with van der Waals surface area (Å²) in [7, 11) is 1.93. The minimum atomic E-state index is 0.626. The fourth-order valence-corrected chi connectivity index (χ4v) is 2.10. The summed E-state index contributed by atoms with van der Waals surface area (Å²) in [5, 5.41) is 2.50. The van der Waals surface area contributed by atoms with Crippen LogP contribution in [0.25, 0.3) is 0 Å². The summed E-state index contributed by atoms with van der Waals surface area (Å²) in [5.74, 6) is 0. The molecule has 1 rings (SSSR count). The average molecular weight is 276 g/mol. The van der Waals surface area contributed by atoms with Gasteiger partial charge in [-0.15, -0.1) is 0 Å². The lowest BCUT2D eigenvalue weighted by Gasteiger charge is -2.22. The Morgan fingerprint density at radius 3 is 2.65 bits per heavy atom. The molecule has 0 amide bonds. The van der Waals surface area contributed by atoms with E-state index in [4.69, 9.17) is 15.9 Å². The summed E-state index contributed by atoms with van der Waals surface area (Å²) in [5.41, 5.74) is 1.88. The van der Waals surface area contributed by atoms with Crippen LogP contribution >= 0.6 is 23.8 Å². The Morgan fingerprint density at radius 1 is 1.41 bits per heavy atom. The standard InChI is InChI=1S/C11H18ClN3OS/c1-5-15(6-2)16-17-14(4)11-7-10(12)8-13-9(11)3/h7-8H,5-6H2,1-4H3. The van der Waals surface area contributed by atoms with Gasteiger partial charge in [-0.1, -0.05) is 25.4 Å². The molecule has 0 saturated carbocycles. The number of rotatable bonds is 6. The number of hydrogen-bond donors (Lipinski definition) is 0. The monoisotopic (exact) mass is 275 g/mol. The highest BCUT2D eigenvalue weighted by Gasteiger charge is 2.10. The molecule has 0 N–H and O–H groups in total. The number of hydrogen-bond acceptors (Lipinski definition) is 5. The number of anilines is 1. The fraction of sp³-hybridized carbons (Fsp3) is 0.545. The van der Waals surface area contributed by atoms with Crippen molar-refractivity contribution in [2.75, 3.05) is 24.4 Å². The Hall–Kier alpha value is -0.490. The van der Waals surface area contributed by atoms with Gasteiger partial charge in [0.15, 0.2) is 0 Å². The highest BCUT2D eigenvalue weighted by atomic mass is 35.5. The van der Waals surface area contributed by atoms with Crippen molar-refractivity contribution in [1.29, 1.82) is 0 Å². The molecule has 1 heterocycles. The molecule has 6 heteroatoms. The molecule has 0 aliphatic heterocycles. The van der Waals surface area contributed by atoms with Crippen molar-refractivity contribution >= 4 is 29.5 Å². The molecule has 0 aliphatic rings. The lowest BCUT2D eigenvalue weighted by atomic mass is 10.3. The predicted octanol–water partition coefficient (Wildman–Crippen LogP) is 3.32. The van der Waals surface area contributed by atoms with Crippen molar-refractivity contribution in [2.24, 2.45) is 0 Å². The molecule has 0 bridgehead atoms. The van der Waals surface area contributed by atoms with Crippen LogP contribution in [0.4, 0.5) is 5.69 Å². The Kier molecular flexibility index (Phi) is 6.05. The molecule has 0 atom stereocenters. The normalized spacial score (nSPS) is 10.9. The van der Waals surface area contributed by atoms with Gasteiger partial charge in [0.05, 0.1) is 16.4 Å². The van der Waals surface area contributed by atoms with Crippen molar-refractivity contribution < 1.29 is 4.28 Å². The topological polar surface area (TPSA) is 28.6 Å². The first-order valence-corrected chi connectivity index (χ1v) is 6.61. The van der Waals surface area contributed by atoms with Crippen LogP contribution in [0.1, 0.15) is 19.5 Å². The lowest BCUT2D eigenvalue weighted by Crippen LogP contribution is -2.23. The van der Waals surface area contributed by atoms with Crippen LogP contribution in [0, 0.1) is 6.92 Å². The summed E-state index contributed by atoms with van der Waals surface area (Å²) in [6.45, 7) is 7.75. The second kappa shape index (κ2) is 7.06. The number of pyridine rings is 1. The van der Waals surface area contributed by atoms with Gasteiger partial charge in [0.2, 0.25) is 0 Å². The van der Waals surface area contributed by atoms with Crippen LogP contribution < -0.4 is 4.31 Å². The Morgan fingerprint density at radius 2 is 2.06 bits per heavy atom. The molecule has 4 nitrogen and oxygen atoms in total. The van der Waals surface area contributed by atoms with E-state index in [1.54, 1.807) is 6.20 Å². The van der Waals surface area contributed by atoms with E-state index in [-0.39, 0.29) is 0 Å². The molecule has 0 unspecified atom stereocenters. The van der Waals surface area contributed by atoms with Crippen LogP contribution in [0.2, 0.25) is 5.02 Å². The summed E-state index contributed by atoms with van der Waals surface area (Å²) < 4.78 is 7.47. The summed E-state index contributed by atoms with van der Waals surface area (Å²) in [6, 6.07) is 1.88. The molecular formula is C11H18ClN3OS. The van der Waals surface area contributed by atoms with Crippen LogP contribution in [0.5, 0.6) is 0 Å². The minimum absolute atomic E-state index is 0.626. The zero-order chi connectivity index (χ0) is 12.8. The van der Waals surface area contributed by atoms with E-state index in [1.807, 2.05) is 29.4 Å². The van der Waals surface area contributed by atoms with Crippen molar-refractivity contribution in [1.82, 2.24) is 10.0 Å². The number of halogens is 1. The molecule has 0 saturated heterocycles. The third-order valence-electron chi connectivity index (χ3n) is 2.32. The summed E-state index contributed by atoms with van der Waals surface area (Å²) >= 11 is 7.20. The van der Waals surface area contributed by atoms with Crippen LogP contribution in [-0.4, -0.2) is 30.2 Å². The van der Waals surface area contributed by atoms with E-state index >= 15 is 0 Å². The van der Waals surface area contributed by atoms with Gasteiger partial charge in [0.1, 0.15) is 12.2 Å². The van der Waals surface area contributed by atoms with Crippen molar-refractivity contribution in [3.8, 4) is 0 Å². The average Bonchev–Trinajstić information content (AvgIpc) is 2.33. The highest BCUT2D eigenvalue weighted by molar-refractivity contribution is 7.96. The van der Waals surface area contributed by atoms with Gasteiger partial charge in [-0.05, 0) is 13.0 Å². The second-order valence-electron chi connectivity index (χ2n) is 3.52. The maximum Gasteiger partial charge on any atom is 0.135 e. The first-order valence-electron chi connectivity index (χ1n) is 5.54. The smallest absolute Gasteiger partial charge is 0.135 e. The summed E-state index contributed by atoms with van der Waals surface area (Å²) in [6.07, 6.45) is 1.64. The predicted molar refractivity (Wildman–Crippen MR) is 74.0 cm³/mol. The third-order valence-corrected chi connectivity index (χ3v) is 3.23. The molecule has 96 valence electrons. The van der Waals surface area contributed by atoms with Crippen molar-refractivity contribution in [3.05, 3.63) is 23.0 Å². The largest absolute Gasteiger partial charge is 0.293 e. The molecule has 0 fully saturated rings. The van der Waals surface area contributed by atoms with Gasteiger partial charge in [-0.25, -0.2) is 4.28 Å². The zero-order valence-corrected chi connectivity index (χ0v) is 12.2. The van der Waals surface area contributed by atoms with Crippen molar-refractivity contribution in [2.45, 2.75) is 20.8 Å². The van der Waals surface area contributed by atoms with Crippen LogP contribution in [0.15, 0.2) is 12.3 Å². The minimum Gasteiger partial charge on any atom is -0.293 e. The molecule has 0 spiro atoms. The molecule has 0 radical (unpaired) electrons. The number of nitrogens with zero attached hydrogens (tertiary/aromatic N) is 3. The molecule has 1 aromatic heterocycles. The van der Waals surface area contributed by atoms with E-state index in [0.717, 1.165) is 24.5 Å². The maximum atomic E-state index is 5.93. The lowest BCUT2D eigenvalue weighted by molar-refractivity contribution is -0.0266. The molecule has 17 heavy (non-hydrogen) atoms. The van der Waals surface area contributed by atoms with E-state index in [1.165, 1.54) is 12.2 Å². The van der Waals surface area contributed by atoms with Crippen LogP contribution in [-0.2, 0) is 4.28 Å². The first-order chi connectivity index (χ1) is 8.08. The SMILES string of the molecule is CCN(CC)OSN(C)c1cc(Cl)cnc1C. The fourth-order valence-electron chi connectivity index (χ4n) is 1.28. The quantitative estimate of drug-likeness (QED) is 0.451. The second-order valence-corrected chi connectivity index (χ2v) is 4.80. The molecule has 1 aromatic rings. The zero-order valence-electron chi connectivity index (χ0n) is 10.6. The van der Waals surface area contributed by atoms with E-state index in [0.29, 0.717) is 5.02 Å². The van der Waals surface area contributed by atoms with Gasteiger partial charge in [-0.3, -0.25) is 9.29 Å². The van der Waals surface area contributed by atoms with Gasteiger partial charge >= 0.3 is 0 Å². The van der Waals surface area contributed by atoms with E-state index < -0.39 is 0 Å². The number of aromatic nitrogens is 1. The van der Waals surface area contributed by atoms with E-state index in [9.17, 15) is 0 Å². The molecule has 0 aromatic carbocycles. The van der Waals surface area contributed by atoms with E-state index in [2.05, 4.69) is 18.8 Å². The Bertz CT molecular complexity index is 361. The first kappa shape index (κ1) is 14.6. The number of hydroxylamine groups is 2.